The van der Waals surface area contributed by atoms with Gasteiger partial charge in [0.2, 0.25) is 0 Å². The maximum Gasteiger partial charge on any atom is 0.347 e. The molecule has 3 rings (SSSR count). The molecule has 0 radical (unpaired) electrons. The Morgan fingerprint density at radius 3 is 2.50 bits per heavy atom. The van der Waals surface area contributed by atoms with E-state index in [-0.39, 0.29) is 11.2 Å². The maximum absolute atomic E-state index is 12.0. The number of hydrogen-bond acceptors (Lipinski definition) is 6. The largest absolute Gasteiger partial charge is 0.492 e. The third kappa shape index (κ3) is 4.81. The van der Waals surface area contributed by atoms with Gasteiger partial charge in [-0.05, 0) is 38.4 Å². The SMILES string of the molecule is CCOc1ccccc1N1CCN(CCCCn2ncc(=O)n(C)c2=O)CC1. The molecule has 0 saturated carbocycles. The zero-order chi connectivity index (χ0) is 19.9. The van der Waals surface area contributed by atoms with Crippen LogP contribution in [0.2, 0.25) is 0 Å². The summed E-state index contributed by atoms with van der Waals surface area (Å²) in [6.07, 6.45) is 3.05. The van der Waals surface area contributed by atoms with Crippen LogP contribution in [0.1, 0.15) is 19.8 Å². The van der Waals surface area contributed by atoms with Gasteiger partial charge in [0.05, 0.1) is 12.3 Å². The summed E-state index contributed by atoms with van der Waals surface area (Å²) in [5, 5.41) is 3.93. The molecule has 1 fully saturated rings. The molecule has 0 spiro atoms. The number of nitrogens with zero attached hydrogens (tertiary/aromatic N) is 5. The molecule has 1 aromatic heterocycles. The average molecular weight is 387 g/mol. The first-order valence-corrected chi connectivity index (χ1v) is 9.92. The van der Waals surface area contributed by atoms with Crippen molar-refractivity contribution < 1.29 is 4.74 Å². The van der Waals surface area contributed by atoms with E-state index in [1.165, 1.54) is 23.6 Å². The number of hydrogen-bond donors (Lipinski definition) is 0. The Morgan fingerprint density at radius 1 is 1.04 bits per heavy atom. The molecule has 1 aliphatic heterocycles. The van der Waals surface area contributed by atoms with Gasteiger partial charge in [-0.1, -0.05) is 12.1 Å². The van der Waals surface area contributed by atoms with Crippen LogP contribution in [-0.2, 0) is 13.6 Å². The van der Waals surface area contributed by atoms with Gasteiger partial charge in [0.15, 0.2) is 0 Å². The van der Waals surface area contributed by atoms with Crippen LogP contribution in [-0.4, -0.2) is 58.6 Å². The number of aryl methyl sites for hydroxylation is 1. The summed E-state index contributed by atoms with van der Waals surface area (Å²) in [7, 11) is 1.48. The lowest BCUT2D eigenvalue weighted by Crippen LogP contribution is -2.46. The van der Waals surface area contributed by atoms with Crippen molar-refractivity contribution >= 4 is 5.69 Å². The van der Waals surface area contributed by atoms with E-state index < -0.39 is 0 Å². The van der Waals surface area contributed by atoms with E-state index in [2.05, 4.69) is 27.0 Å². The second-order valence-electron chi connectivity index (χ2n) is 6.98. The molecule has 152 valence electrons. The minimum absolute atomic E-state index is 0.353. The zero-order valence-corrected chi connectivity index (χ0v) is 16.7. The summed E-state index contributed by atoms with van der Waals surface area (Å²) in [5.41, 5.74) is 0.447. The summed E-state index contributed by atoms with van der Waals surface area (Å²) in [4.78, 5) is 28.2. The van der Waals surface area contributed by atoms with Crippen LogP contribution >= 0.6 is 0 Å². The fraction of sp³-hybridized carbons (Fsp3) is 0.550. The molecule has 1 aromatic carbocycles. The number of unbranched alkanes of at least 4 members (excludes halogenated alkanes) is 1. The fourth-order valence-electron chi connectivity index (χ4n) is 3.48. The summed E-state index contributed by atoms with van der Waals surface area (Å²) in [6, 6.07) is 8.22. The molecule has 0 unspecified atom stereocenters. The Bertz CT molecular complexity index is 884. The Labute approximate surface area is 165 Å². The van der Waals surface area contributed by atoms with Crippen LogP contribution in [0.25, 0.3) is 0 Å². The fourth-order valence-corrected chi connectivity index (χ4v) is 3.48. The van der Waals surface area contributed by atoms with Crippen molar-refractivity contribution in [1.29, 1.82) is 0 Å². The van der Waals surface area contributed by atoms with E-state index in [0.29, 0.717) is 13.2 Å². The van der Waals surface area contributed by atoms with Crippen molar-refractivity contribution in [3.05, 3.63) is 51.3 Å². The van der Waals surface area contributed by atoms with E-state index in [1.807, 2.05) is 19.1 Å². The van der Waals surface area contributed by atoms with Crippen molar-refractivity contribution in [2.45, 2.75) is 26.3 Å². The summed E-state index contributed by atoms with van der Waals surface area (Å²) in [5.74, 6) is 0.952. The molecule has 2 heterocycles. The molecule has 2 aromatic rings. The third-order valence-electron chi connectivity index (χ3n) is 5.12. The van der Waals surface area contributed by atoms with Crippen LogP contribution in [0.3, 0.4) is 0 Å². The molecular weight excluding hydrogens is 358 g/mol. The molecule has 8 heteroatoms. The van der Waals surface area contributed by atoms with E-state index in [1.54, 1.807) is 0 Å². The molecule has 0 N–H and O–H groups in total. The van der Waals surface area contributed by atoms with Crippen molar-refractivity contribution in [3.63, 3.8) is 0 Å². The lowest BCUT2D eigenvalue weighted by Gasteiger charge is -2.36. The van der Waals surface area contributed by atoms with Crippen LogP contribution in [0.15, 0.2) is 40.1 Å². The van der Waals surface area contributed by atoms with Crippen molar-refractivity contribution in [2.24, 2.45) is 7.05 Å². The second-order valence-corrected chi connectivity index (χ2v) is 6.98. The highest BCUT2D eigenvalue weighted by Gasteiger charge is 2.19. The van der Waals surface area contributed by atoms with Gasteiger partial charge in [0.1, 0.15) is 11.9 Å². The first-order valence-electron chi connectivity index (χ1n) is 9.92. The number of rotatable bonds is 8. The van der Waals surface area contributed by atoms with E-state index in [0.717, 1.165) is 55.9 Å². The smallest absolute Gasteiger partial charge is 0.347 e. The lowest BCUT2D eigenvalue weighted by atomic mass is 10.2. The van der Waals surface area contributed by atoms with Crippen LogP contribution in [0.4, 0.5) is 5.69 Å². The number of ether oxygens (including phenoxy) is 1. The summed E-state index contributed by atoms with van der Waals surface area (Å²) < 4.78 is 8.21. The van der Waals surface area contributed by atoms with Gasteiger partial charge in [-0.3, -0.25) is 14.3 Å². The lowest BCUT2D eigenvalue weighted by molar-refractivity contribution is 0.249. The Hall–Kier alpha value is -2.61. The quantitative estimate of drug-likeness (QED) is 0.628. The van der Waals surface area contributed by atoms with Gasteiger partial charge in [-0.2, -0.15) is 5.10 Å². The molecule has 8 nitrogen and oxygen atoms in total. The highest BCUT2D eigenvalue weighted by molar-refractivity contribution is 5.58. The van der Waals surface area contributed by atoms with Gasteiger partial charge < -0.3 is 9.64 Å². The van der Waals surface area contributed by atoms with Crippen molar-refractivity contribution in [3.8, 4) is 5.75 Å². The first kappa shape index (κ1) is 20.1. The molecule has 28 heavy (non-hydrogen) atoms. The van der Waals surface area contributed by atoms with Crippen molar-refractivity contribution in [2.75, 3.05) is 44.2 Å². The summed E-state index contributed by atoms with van der Waals surface area (Å²) >= 11 is 0. The molecule has 1 aliphatic rings. The number of benzene rings is 1. The van der Waals surface area contributed by atoms with Crippen LogP contribution in [0, 0.1) is 0 Å². The molecule has 1 saturated heterocycles. The second kappa shape index (κ2) is 9.54. The van der Waals surface area contributed by atoms with Crippen LogP contribution in [0.5, 0.6) is 5.75 Å². The highest BCUT2D eigenvalue weighted by Crippen LogP contribution is 2.28. The van der Waals surface area contributed by atoms with E-state index in [9.17, 15) is 9.59 Å². The Morgan fingerprint density at radius 2 is 1.75 bits per heavy atom. The van der Waals surface area contributed by atoms with E-state index in [4.69, 9.17) is 4.74 Å². The Kier molecular flexibility index (Phi) is 6.86. The average Bonchev–Trinajstić information content (AvgIpc) is 2.72. The predicted molar refractivity (Wildman–Crippen MR) is 109 cm³/mol. The molecule has 0 bridgehead atoms. The van der Waals surface area contributed by atoms with Crippen LogP contribution < -0.4 is 20.9 Å². The molecule has 0 aliphatic carbocycles. The highest BCUT2D eigenvalue weighted by atomic mass is 16.5. The Balaban J connectivity index is 1.44. The standard InChI is InChI=1S/C20H29N5O3/c1-3-28-18-9-5-4-8-17(18)24-14-12-23(13-15-24)10-6-7-11-25-20(27)22(2)19(26)16-21-25/h4-5,8-9,16H,3,6-7,10-15H2,1-2H3. The normalized spacial score (nSPS) is 15.0. The van der Waals surface area contributed by atoms with Crippen molar-refractivity contribution in [1.82, 2.24) is 19.2 Å². The monoisotopic (exact) mass is 387 g/mol. The van der Waals surface area contributed by atoms with Gasteiger partial charge in [0, 0.05) is 39.8 Å². The first-order chi connectivity index (χ1) is 13.6. The van der Waals surface area contributed by atoms with E-state index >= 15 is 0 Å². The van der Waals surface area contributed by atoms with Gasteiger partial charge in [0.25, 0.3) is 5.56 Å². The molecule has 0 amide bonds. The van der Waals surface area contributed by atoms with Gasteiger partial charge in [-0.25, -0.2) is 9.48 Å². The summed E-state index contributed by atoms with van der Waals surface area (Å²) in [6.45, 7) is 8.20. The zero-order valence-electron chi connectivity index (χ0n) is 16.7. The minimum Gasteiger partial charge on any atom is -0.492 e. The topological polar surface area (TPSA) is 72.6 Å². The van der Waals surface area contributed by atoms with Gasteiger partial charge in [-0.15, -0.1) is 0 Å². The number of aromatic nitrogens is 3. The molecule has 0 atom stereocenters. The third-order valence-corrected chi connectivity index (χ3v) is 5.12. The molecular formula is C20H29N5O3. The number of anilines is 1. The number of para-hydroxylation sites is 2. The van der Waals surface area contributed by atoms with Gasteiger partial charge >= 0.3 is 5.69 Å². The number of piperazine rings is 1. The maximum atomic E-state index is 12.0. The minimum atomic E-state index is -0.370. The predicted octanol–water partition coefficient (Wildman–Crippen LogP) is 0.943.